The van der Waals surface area contributed by atoms with Gasteiger partial charge in [-0.1, -0.05) is 34.5 Å². The molecule has 9 heteroatoms. The van der Waals surface area contributed by atoms with Gasteiger partial charge in [-0.3, -0.25) is 10.1 Å². The largest absolute Gasteiger partial charge is 0.493 e. The number of amides is 1. The summed E-state index contributed by atoms with van der Waals surface area (Å²) in [6.07, 6.45) is 0. The number of fused-ring (bicyclic) bond motifs is 1. The van der Waals surface area contributed by atoms with Crippen LogP contribution in [-0.2, 0) is 0 Å². The van der Waals surface area contributed by atoms with E-state index in [9.17, 15) is 4.79 Å². The molecule has 1 amide bonds. The van der Waals surface area contributed by atoms with Crippen molar-refractivity contribution in [2.24, 2.45) is 0 Å². The van der Waals surface area contributed by atoms with Crippen molar-refractivity contribution in [2.45, 2.75) is 0 Å². The number of rotatable bonds is 5. The number of halogens is 2. The van der Waals surface area contributed by atoms with Gasteiger partial charge >= 0.3 is 0 Å². The molecule has 0 fully saturated rings. The van der Waals surface area contributed by atoms with E-state index >= 15 is 0 Å². The zero-order chi connectivity index (χ0) is 18.8. The number of ether oxygens (including phenoxy) is 3. The molecule has 0 atom stereocenters. The molecule has 3 rings (SSSR count). The SMILES string of the molecule is COc1cc(C(=O)Nc2nc3c(Cl)cc(Cl)cc3s2)cc(OC)c1OC. The number of hydrogen-bond donors (Lipinski definition) is 1. The molecule has 0 unspecified atom stereocenters. The normalized spacial score (nSPS) is 10.7. The summed E-state index contributed by atoms with van der Waals surface area (Å²) in [6, 6.07) is 6.48. The zero-order valence-corrected chi connectivity index (χ0v) is 16.4. The Kier molecular flexibility index (Phi) is 5.41. The van der Waals surface area contributed by atoms with Crippen LogP contribution in [0.5, 0.6) is 17.2 Å². The maximum Gasteiger partial charge on any atom is 0.257 e. The van der Waals surface area contributed by atoms with Crippen molar-refractivity contribution in [3.8, 4) is 17.2 Å². The van der Waals surface area contributed by atoms with Gasteiger partial charge in [-0.05, 0) is 24.3 Å². The van der Waals surface area contributed by atoms with Gasteiger partial charge in [-0.15, -0.1) is 0 Å². The summed E-state index contributed by atoms with van der Waals surface area (Å²) >= 11 is 13.4. The molecule has 1 N–H and O–H groups in total. The Morgan fingerprint density at radius 1 is 1.04 bits per heavy atom. The van der Waals surface area contributed by atoms with Gasteiger partial charge in [0, 0.05) is 10.6 Å². The highest BCUT2D eigenvalue weighted by Crippen LogP contribution is 2.39. The minimum atomic E-state index is -0.370. The molecule has 0 saturated heterocycles. The third-order valence-electron chi connectivity index (χ3n) is 3.56. The van der Waals surface area contributed by atoms with Gasteiger partial charge in [0.1, 0.15) is 5.52 Å². The number of anilines is 1. The predicted molar refractivity (Wildman–Crippen MR) is 104 cm³/mol. The Labute approximate surface area is 163 Å². The summed E-state index contributed by atoms with van der Waals surface area (Å²) < 4.78 is 16.6. The summed E-state index contributed by atoms with van der Waals surface area (Å²) in [5.41, 5.74) is 0.921. The van der Waals surface area contributed by atoms with Gasteiger partial charge in [0.2, 0.25) is 5.75 Å². The molecular formula is C17H14Cl2N2O4S. The van der Waals surface area contributed by atoms with Gasteiger partial charge in [-0.25, -0.2) is 4.98 Å². The summed E-state index contributed by atoms with van der Waals surface area (Å²) in [5, 5.41) is 4.09. The smallest absolute Gasteiger partial charge is 0.257 e. The molecule has 136 valence electrons. The van der Waals surface area contributed by atoms with Gasteiger partial charge in [0.15, 0.2) is 16.6 Å². The molecule has 0 saturated carbocycles. The Morgan fingerprint density at radius 3 is 2.27 bits per heavy atom. The third-order valence-corrected chi connectivity index (χ3v) is 4.98. The predicted octanol–water partition coefficient (Wildman–Crippen LogP) is 4.88. The fourth-order valence-electron chi connectivity index (χ4n) is 2.39. The minimum Gasteiger partial charge on any atom is -0.493 e. The second-order valence-corrected chi connectivity index (χ2v) is 7.00. The monoisotopic (exact) mass is 412 g/mol. The van der Waals surface area contributed by atoms with Crippen molar-refractivity contribution in [1.29, 1.82) is 0 Å². The standard InChI is InChI=1S/C17H14Cl2N2O4S/c1-23-11-4-8(5-12(24-2)15(11)25-3)16(22)21-17-20-14-10(19)6-9(18)7-13(14)26-17/h4-7H,1-3H3,(H,20,21,22). The van der Waals surface area contributed by atoms with Crippen LogP contribution < -0.4 is 19.5 Å². The van der Waals surface area contributed by atoms with Crippen LogP contribution in [0.4, 0.5) is 5.13 Å². The van der Waals surface area contributed by atoms with Crippen molar-refractivity contribution >= 4 is 55.8 Å². The summed E-state index contributed by atoms with van der Waals surface area (Å²) in [4.78, 5) is 17.0. The quantitative estimate of drug-likeness (QED) is 0.646. The molecule has 2 aromatic carbocycles. The Hall–Kier alpha value is -2.22. The van der Waals surface area contributed by atoms with Crippen molar-refractivity contribution in [3.05, 3.63) is 39.9 Å². The van der Waals surface area contributed by atoms with E-state index in [1.54, 1.807) is 24.3 Å². The van der Waals surface area contributed by atoms with Crippen molar-refractivity contribution in [2.75, 3.05) is 26.6 Å². The van der Waals surface area contributed by atoms with E-state index in [1.807, 2.05) is 0 Å². The second-order valence-electron chi connectivity index (χ2n) is 5.12. The molecule has 3 aromatic rings. The van der Waals surface area contributed by atoms with Gasteiger partial charge in [0.05, 0.1) is 31.1 Å². The van der Waals surface area contributed by atoms with Crippen LogP contribution >= 0.6 is 34.5 Å². The van der Waals surface area contributed by atoms with Crippen LogP contribution in [0.1, 0.15) is 10.4 Å². The van der Waals surface area contributed by atoms with Crippen molar-refractivity contribution < 1.29 is 19.0 Å². The first kappa shape index (κ1) is 18.6. The number of carbonyl (C=O) groups is 1. The Bertz CT molecular complexity index is 965. The lowest BCUT2D eigenvalue weighted by atomic mass is 10.1. The van der Waals surface area contributed by atoms with Crippen molar-refractivity contribution in [3.63, 3.8) is 0 Å². The van der Waals surface area contributed by atoms with E-state index in [4.69, 9.17) is 37.4 Å². The first-order valence-corrected chi connectivity index (χ1v) is 8.91. The summed E-state index contributed by atoms with van der Waals surface area (Å²) in [7, 11) is 4.46. The Balaban J connectivity index is 1.94. The van der Waals surface area contributed by atoms with E-state index in [-0.39, 0.29) is 5.91 Å². The Morgan fingerprint density at radius 2 is 1.69 bits per heavy atom. The molecule has 0 spiro atoms. The number of methoxy groups -OCH3 is 3. The lowest BCUT2D eigenvalue weighted by Gasteiger charge is -2.13. The van der Waals surface area contributed by atoms with Crippen LogP contribution in [0.3, 0.4) is 0 Å². The number of benzene rings is 2. The fourth-order valence-corrected chi connectivity index (χ4v) is 3.98. The maximum absolute atomic E-state index is 12.6. The number of carbonyl (C=O) groups excluding carboxylic acids is 1. The molecule has 26 heavy (non-hydrogen) atoms. The number of aromatic nitrogens is 1. The van der Waals surface area contributed by atoms with E-state index in [0.29, 0.717) is 43.5 Å². The number of nitrogens with one attached hydrogen (secondary N) is 1. The van der Waals surface area contributed by atoms with E-state index in [2.05, 4.69) is 10.3 Å². The lowest BCUT2D eigenvalue weighted by molar-refractivity contribution is 0.102. The van der Waals surface area contributed by atoms with E-state index in [1.165, 1.54) is 32.7 Å². The molecule has 0 aliphatic rings. The number of thiazole rings is 1. The summed E-state index contributed by atoms with van der Waals surface area (Å²) in [6.45, 7) is 0. The fraction of sp³-hybridized carbons (Fsp3) is 0.176. The molecule has 0 radical (unpaired) electrons. The van der Waals surface area contributed by atoms with Crippen molar-refractivity contribution in [1.82, 2.24) is 4.98 Å². The third kappa shape index (κ3) is 3.51. The first-order chi connectivity index (χ1) is 12.5. The molecule has 1 heterocycles. The summed E-state index contributed by atoms with van der Waals surface area (Å²) in [5.74, 6) is 0.811. The molecule has 0 bridgehead atoms. The first-order valence-electron chi connectivity index (χ1n) is 7.33. The molecular weight excluding hydrogens is 399 g/mol. The average molecular weight is 413 g/mol. The van der Waals surface area contributed by atoms with Gasteiger partial charge in [0.25, 0.3) is 5.91 Å². The van der Waals surface area contributed by atoms with Gasteiger partial charge < -0.3 is 14.2 Å². The second kappa shape index (κ2) is 7.57. The zero-order valence-electron chi connectivity index (χ0n) is 14.1. The minimum absolute atomic E-state index is 0.336. The van der Waals surface area contributed by atoms with E-state index in [0.717, 1.165) is 4.70 Å². The molecule has 6 nitrogen and oxygen atoms in total. The van der Waals surface area contributed by atoms with Gasteiger partial charge in [-0.2, -0.15) is 0 Å². The highest BCUT2D eigenvalue weighted by molar-refractivity contribution is 7.22. The maximum atomic E-state index is 12.6. The van der Waals surface area contributed by atoms with E-state index < -0.39 is 0 Å². The lowest BCUT2D eigenvalue weighted by Crippen LogP contribution is -2.12. The highest BCUT2D eigenvalue weighted by atomic mass is 35.5. The number of hydrogen-bond acceptors (Lipinski definition) is 6. The van der Waals surface area contributed by atoms with Crippen LogP contribution in [-0.4, -0.2) is 32.2 Å². The van der Waals surface area contributed by atoms with Crippen LogP contribution in [0.25, 0.3) is 10.2 Å². The highest BCUT2D eigenvalue weighted by Gasteiger charge is 2.18. The molecule has 0 aliphatic heterocycles. The topological polar surface area (TPSA) is 69.7 Å². The average Bonchev–Trinajstić information content (AvgIpc) is 3.02. The van der Waals surface area contributed by atoms with Crippen LogP contribution in [0, 0.1) is 0 Å². The molecule has 0 aliphatic carbocycles. The number of nitrogens with zero attached hydrogens (tertiary/aromatic N) is 1. The van der Waals surface area contributed by atoms with Crippen LogP contribution in [0.2, 0.25) is 10.0 Å². The van der Waals surface area contributed by atoms with Crippen LogP contribution in [0.15, 0.2) is 24.3 Å². The molecule has 1 aromatic heterocycles.